The average Bonchev–Trinajstić information content (AvgIpc) is 2.87. The number of fused-ring (bicyclic) bond motifs is 4. The maximum Gasteiger partial charge on any atom is 0.392 e. The molecular formula is C27H24N2O4P2. The van der Waals surface area contributed by atoms with Crippen LogP contribution >= 0.6 is 15.0 Å². The Hall–Kier alpha value is -3.35. The van der Waals surface area contributed by atoms with Gasteiger partial charge >= 0.3 is 15.0 Å². The summed E-state index contributed by atoms with van der Waals surface area (Å²) in [5, 5.41) is 4.16. The number of hydrogen-bond acceptors (Lipinski definition) is 4. The summed E-state index contributed by atoms with van der Waals surface area (Å²) in [5.41, 5.74) is 3.53. The first-order valence-electron chi connectivity index (χ1n) is 11.3. The second kappa shape index (κ2) is 9.36. The molecule has 2 heterocycles. The van der Waals surface area contributed by atoms with Gasteiger partial charge in [0.25, 0.3) is 0 Å². The SMILES string of the molecule is C#CCCC1=C(C)P(=O)(NCC=NP2(=O)Oc3ccccc3-c3ccccc32)Oc2ccccc21. The highest BCUT2D eigenvalue weighted by atomic mass is 31.2. The van der Waals surface area contributed by atoms with Crippen LogP contribution in [0, 0.1) is 12.3 Å². The second-order valence-electron chi connectivity index (χ2n) is 8.19. The Balaban J connectivity index is 1.40. The van der Waals surface area contributed by atoms with E-state index in [1.165, 1.54) is 6.21 Å². The Morgan fingerprint density at radius 1 is 0.914 bits per heavy atom. The molecule has 5 rings (SSSR count). The molecule has 6 nitrogen and oxygen atoms in total. The van der Waals surface area contributed by atoms with Gasteiger partial charge in [-0.2, -0.15) is 4.76 Å². The average molecular weight is 502 g/mol. The van der Waals surface area contributed by atoms with Crippen LogP contribution in [0.5, 0.6) is 11.5 Å². The third-order valence-corrected chi connectivity index (χ3v) is 10.2. The molecule has 3 aromatic rings. The lowest BCUT2D eigenvalue weighted by Gasteiger charge is -2.29. The number of benzene rings is 3. The highest BCUT2D eigenvalue weighted by Gasteiger charge is 2.37. The number of para-hydroxylation sites is 2. The molecule has 2 aliphatic rings. The van der Waals surface area contributed by atoms with Gasteiger partial charge in [-0.1, -0.05) is 54.6 Å². The van der Waals surface area contributed by atoms with Crippen molar-refractivity contribution in [3.8, 4) is 35.0 Å². The van der Waals surface area contributed by atoms with Gasteiger partial charge in [-0.25, -0.2) is 9.65 Å². The second-order valence-corrected chi connectivity index (χ2v) is 12.4. The maximum atomic E-state index is 13.8. The van der Waals surface area contributed by atoms with Crippen molar-refractivity contribution < 1.29 is 18.2 Å². The Morgan fingerprint density at radius 3 is 2.29 bits per heavy atom. The van der Waals surface area contributed by atoms with E-state index in [1.54, 1.807) is 25.1 Å². The quantitative estimate of drug-likeness (QED) is 0.232. The minimum atomic E-state index is -3.56. The van der Waals surface area contributed by atoms with Gasteiger partial charge in [0.1, 0.15) is 11.5 Å². The first-order valence-corrected chi connectivity index (χ1v) is 14.5. The van der Waals surface area contributed by atoms with Gasteiger partial charge in [0.15, 0.2) is 0 Å². The lowest BCUT2D eigenvalue weighted by atomic mass is 10.00. The molecule has 0 bridgehead atoms. The summed E-state index contributed by atoms with van der Waals surface area (Å²) in [6, 6.07) is 22.3. The van der Waals surface area contributed by atoms with Gasteiger partial charge in [-0.05, 0) is 37.1 Å². The molecule has 2 atom stereocenters. The summed E-state index contributed by atoms with van der Waals surface area (Å²) in [7, 11) is -6.96. The van der Waals surface area contributed by atoms with Crippen molar-refractivity contribution in [1.82, 2.24) is 5.09 Å². The third-order valence-electron chi connectivity index (χ3n) is 6.07. The lowest BCUT2D eigenvalue weighted by Crippen LogP contribution is -2.21. The van der Waals surface area contributed by atoms with E-state index in [0.29, 0.717) is 35.0 Å². The third kappa shape index (κ3) is 4.28. The highest BCUT2D eigenvalue weighted by molar-refractivity contribution is 7.66. The summed E-state index contributed by atoms with van der Waals surface area (Å²) in [5.74, 6) is 3.72. The number of nitrogens with zero attached hydrogens (tertiary/aromatic N) is 1. The molecule has 0 aromatic heterocycles. The zero-order chi connectivity index (χ0) is 24.5. The van der Waals surface area contributed by atoms with E-state index in [9.17, 15) is 9.13 Å². The van der Waals surface area contributed by atoms with E-state index in [-0.39, 0.29) is 6.54 Å². The minimum absolute atomic E-state index is 0.0797. The predicted octanol–water partition coefficient (Wildman–Crippen LogP) is 6.65. The number of rotatable bonds is 6. The molecule has 0 spiro atoms. The van der Waals surface area contributed by atoms with E-state index in [0.717, 1.165) is 22.3 Å². The largest absolute Gasteiger partial charge is 0.429 e. The van der Waals surface area contributed by atoms with Crippen LogP contribution in [0.2, 0.25) is 0 Å². The molecule has 1 N–H and O–H groups in total. The Morgan fingerprint density at radius 2 is 1.54 bits per heavy atom. The van der Waals surface area contributed by atoms with E-state index in [2.05, 4.69) is 15.8 Å². The summed E-state index contributed by atoms with van der Waals surface area (Å²) in [6.45, 7) is 1.88. The maximum absolute atomic E-state index is 13.8. The van der Waals surface area contributed by atoms with Gasteiger partial charge in [0, 0.05) is 41.2 Å². The van der Waals surface area contributed by atoms with Crippen molar-refractivity contribution >= 4 is 32.1 Å². The van der Waals surface area contributed by atoms with Crippen LogP contribution in [-0.4, -0.2) is 12.8 Å². The van der Waals surface area contributed by atoms with Crippen molar-refractivity contribution in [2.75, 3.05) is 6.54 Å². The highest BCUT2D eigenvalue weighted by Crippen LogP contribution is 2.59. The zero-order valence-electron chi connectivity index (χ0n) is 19.2. The molecule has 2 aliphatic heterocycles. The summed E-state index contributed by atoms with van der Waals surface area (Å²) in [6.07, 6.45) is 8.06. The van der Waals surface area contributed by atoms with Crippen LogP contribution in [0.3, 0.4) is 0 Å². The van der Waals surface area contributed by atoms with Gasteiger partial charge in [-0.3, -0.25) is 4.57 Å². The van der Waals surface area contributed by atoms with Crippen LogP contribution in [0.25, 0.3) is 16.7 Å². The van der Waals surface area contributed by atoms with Crippen molar-refractivity contribution in [3.63, 3.8) is 0 Å². The van der Waals surface area contributed by atoms with E-state index >= 15 is 0 Å². The van der Waals surface area contributed by atoms with Crippen molar-refractivity contribution in [2.45, 2.75) is 19.8 Å². The van der Waals surface area contributed by atoms with Gasteiger partial charge in [0.05, 0.1) is 5.30 Å². The van der Waals surface area contributed by atoms with Gasteiger partial charge < -0.3 is 9.05 Å². The molecule has 0 radical (unpaired) electrons. The first kappa shape index (κ1) is 23.4. The topological polar surface area (TPSA) is 77.0 Å². The molecule has 0 fully saturated rings. The molecule has 35 heavy (non-hydrogen) atoms. The fraction of sp³-hybridized carbons (Fsp3) is 0.148. The molecule has 2 unspecified atom stereocenters. The first-order chi connectivity index (χ1) is 17.0. The molecule has 0 saturated carbocycles. The van der Waals surface area contributed by atoms with Gasteiger partial charge in [-0.15, -0.1) is 12.3 Å². The Kier molecular flexibility index (Phi) is 6.26. The summed E-state index contributed by atoms with van der Waals surface area (Å²) < 4.78 is 43.7. The number of nitrogens with one attached hydrogen (secondary N) is 1. The van der Waals surface area contributed by atoms with Crippen LogP contribution in [0.4, 0.5) is 0 Å². The van der Waals surface area contributed by atoms with Crippen LogP contribution < -0.4 is 19.4 Å². The Labute approximate surface area is 205 Å². The normalized spacial score (nSPS) is 22.4. The van der Waals surface area contributed by atoms with E-state index < -0.39 is 15.0 Å². The minimum Gasteiger partial charge on any atom is -0.429 e. The van der Waals surface area contributed by atoms with Crippen molar-refractivity contribution in [3.05, 3.63) is 83.7 Å². The molecule has 0 saturated heterocycles. The Bertz CT molecular complexity index is 1500. The van der Waals surface area contributed by atoms with Crippen LogP contribution in [0.1, 0.15) is 25.3 Å². The molecule has 0 aliphatic carbocycles. The zero-order valence-corrected chi connectivity index (χ0v) is 21.0. The van der Waals surface area contributed by atoms with Crippen LogP contribution in [-0.2, 0) is 9.13 Å². The molecule has 0 amide bonds. The van der Waals surface area contributed by atoms with E-state index in [1.807, 2.05) is 54.6 Å². The fourth-order valence-electron chi connectivity index (χ4n) is 4.33. The van der Waals surface area contributed by atoms with Gasteiger partial charge in [0.2, 0.25) is 0 Å². The van der Waals surface area contributed by atoms with Crippen molar-refractivity contribution in [1.29, 1.82) is 0 Å². The summed E-state index contributed by atoms with van der Waals surface area (Å²) in [4.78, 5) is 0. The monoisotopic (exact) mass is 502 g/mol. The van der Waals surface area contributed by atoms with Crippen LogP contribution in [0.15, 0.2) is 82.9 Å². The van der Waals surface area contributed by atoms with Crippen molar-refractivity contribution in [2.24, 2.45) is 4.76 Å². The lowest BCUT2D eigenvalue weighted by molar-refractivity contribution is 0.474. The number of terminal acetylenes is 1. The standard InChI is InChI=1S/C27H24N2O4P2/c1-3-4-11-21-20(2)34(30,32-25-15-8-5-12-22(21)25)28-18-19-29-35(31)27-17-10-7-14-24(27)23-13-6-9-16-26(23)33-35/h1,5-10,12-17,19H,4,11,18H2,2H3,(H,28,30). The predicted molar refractivity (Wildman–Crippen MR) is 142 cm³/mol. The summed E-state index contributed by atoms with van der Waals surface area (Å²) >= 11 is 0. The molecule has 3 aromatic carbocycles. The number of allylic oxidation sites excluding steroid dienone is 2. The fourth-order valence-corrected chi connectivity index (χ4v) is 7.88. The van der Waals surface area contributed by atoms with E-state index in [4.69, 9.17) is 15.5 Å². The molecule has 8 heteroatoms. The molecule has 176 valence electrons. The molecular weight excluding hydrogens is 478 g/mol. The number of hydrogen-bond donors (Lipinski definition) is 1. The smallest absolute Gasteiger partial charge is 0.392 e.